The molecule has 1 unspecified atom stereocenters. The topological polar surface area (TPSA) is 23.8 Å². The molecule has 0 amide bonds. The van der Waals surface area contributed by atoms with Crippen LogP contribution in [0.2, 0.25) is 0 Å². The van der Waals surface area contributed by atoms with Crippen LogP contribution in [0.1, 0.15) is 27.2 Å². The molecule has 0 aromatic rings. The summed E-state index contributed by atoms with van der Waals surface area (Å²) in [4.78, 5) is 0. The molecule has 0 aliphatic heterocycles. The average molecular weight is 143 g/mol. The zero-order chi connectivity index (χ0) is 7.28. The van der Waals surface area contributed by atoms with E-state index in [4.69, 9.17) is 5.26 Å². The minimum absolute atomic E-state index is 0.495. The van der Waals surface area contributed by atoms with Crippen LogP contribution in [-0.2, 0) is 0 Å². The lowest BCUT2D eigenvalue weighted by molar-refractivity contribution is 0.586. The Morgan fingerprint density at radius 1 is 1.44 bits per heavy atom. The SMILES string of the molecule is CC(C)CC(C)SC#N. The summed E-state index contributed by atoms with van der Waals surface area (Å²) in [5.41, 5.74) is 0. The van der Waals surface area contributed by atoms with Crippen molar-refractivity contribution < 1.29 is 0 Å². The summed E-state index contributed by atoms with van der Waals surface area (Å²) >= 11 is 1.37. The summed E-state index contributed by atoms with van der Waals surface area (Å²) in [5.74, 6) is 0.709. The first-order chi connectivity index (χ1) is 4.16. The Morgan fingerprint density at radius 3 is 2.33 bits per heavy atom. The van der Waals surface area contributed by atoms with Gasteiger partial charge in [0.15, 0.2) is 0 Å². The third-order valence-corrected chi connectivity index (χ3v) is 1.76. The van der Waals surface area contributed by atoms with E-state index in [-0.39, 0.29) is 0 Å². The molecule has 0 aliphatic rings. The van der Waals surface area contributed by atoms with Crippen molar-refractivity contribution >= 4 is 11.8 Å². The maximum absolute atomic E-state index is 8.26. The maximum Gasteiger partial charge on any atom is 0.133 e. The number of nitriles is 1. The molecule has 1 atom stereocenters. The van der Waals surface area contributed by atoms with Crippen molar-refractivity contribution in [1.82, 2.24) is 0 Å². The van der Waals surface area contributed by atoms with Crippen LogP contribution < -0.4 is 0 Å². The Labute approximate surface area is 61.4 Å². The Kier molecular flexibility index (Phi) is 4.61. The smallest absolute Gasteiger partial charge is 0.133 e. The predicted molar refractivity (Wildman–Crippen MR) is 42.1 cm³/mol. The molecule has 0 heterocycles. The number of hydrogen-bond donors (Lipinski definition) is 0. The van der Waals surface area contributed by atoms with Gasteiger partial charge in [-0.3, -0.25) is 0 Å². The van der Waals surface area contributed by atoms with Crippen LogP contribution in [0.15, 0.2) is 0 Å². The minimum Gasteiger partial charge on any atom is -0.185 e. The normalized spacial score (nSPS) is 13.2. The molecule has 0 rings (SSSR count). The molecule has 9 heavy (non-hydrogen) atoms. The number of thioether (sulfide) groups is 1. The molecule has 0 radical (unpaired) electrons. The van der Waals surface area contributed by atoms with Gasteiger partial charge in [-0.15, -0.1) is 0 Å². The van der Waals surface area contributed by atoms with Gasteiger partial charge in [0.05, 0.1) is 0 Å². The standard InChI is InChI=1S/C7H13NS/c1-6(2)4-7(3)9-5-8/h6-7H,4H2,1-3H3. The molecule has 0 spiro atoms. The number of thiocyanates is 1. The van der Waals surface area contributed by atoms with Crippen molar-refractivity contribution in [3.05, 3.63) is 0 Å². The quantitative estimate of drug-likeness (QED) is 0.567. The third-order valence-electron chi connectivity index (χ3n) is 1.06. The molecular formula is C7H13NS. The summed E-state index contributed by atoms with van der Waals surface area (Å²) < 4.78 is 0. The van der Waals surface area contributed by atoms with Gasteiger partial charge in [0.25, 0.3) is 0 Å². The summed E-state index contributed by atoms with van der Waals surface area (Å²) in [7, 11) is 0. The summed E-state index contributed by atoms with van der Waals surface area (Å²) in [5, 5.41) is 10.8. The zero-order valence-corrected chi connectivity index (χ0v) is 7.03. The highest BCUT2D eigenvalue weighted by atomic mass is 32.2. The molecule has 0 saturated carbocycles. The first-order valence-electron chi connectivity index (χ1n) is 3.21. The van der Waals surface area contributed by atoms with Gasteiger partial charge in [0, 0.05) is 5.25 Å². The highest BCUT2D eigenvalue weighted by Crippen LogP contribution is 2.16. The molecule has 0 aliphatic carbocycles. The van der Waals surface area contributed by atoms with Gasteiger partial charge >= 0.3 is 0 Å². The van der Waals surface area contributed by atoms with Crippen molar-refractivity contribution in [1.29, 1.82) is 5.26 Å². The van der Waals surface area contributed by atoms with Crippen LogP contribution in [0.4, 0.5) is 0 Å². The molecule has 2 heteroatoms. The van der Waals surface area contributed by atoms with Gasteiger partial charge in [-0.25, -0.2) is 0 Å². The minimum atomic E-state index is 0.495. The van der Waals surface area contributed by atoms with Gasteiger partial charge in [-0.05, 0) is 24.1 Å². The van der Waals surface area contributed by atoms with Gasteiger partial charge in [-0.1, -0.05) is 20.8 Å². The second-order valence-corrected chi connectivity index (χ2v) is 3.87. The summed E-state index contributed by atoms with van der Waals surface area (Å²) in [6.45, 7) is 6.44. The molecular weight excluding hydrogens is 130 g/mol. The Hall–Kier alpha value is -0.160. The van der Waals surface area contributed by atoms with Gasteiger partial charge < -0.3 is 0 Å². The monoisotopic (exact) mass is 143 g/mol. The van der Waals surface area contributed by atoms with Crippen molar-refractivity contribution in [3.8, 4) is 5.40 Å². The molecule has 0 aromatic carbocycles. The largest absolute Gasteiger partial charge is 0.185 e. The molecule has 1 nitrogen and oxygen atoms in total. The second-order valence-electron chi connectivity index (χ2n) is 2.65. The molecule has 0 aromatic heterocycles. The van der Waals surface area contributed by atoms with Gasteiger partial charge in [-0.2, -0.15) is 5.26 Å². The maximum atomic E-state index is 8.26. The van der Waals surface area contributed by atoms with E-state index >= 15 is 0 Å². The number of rotatable bonds is 3. The van der Waals surface area contributed by atoms with Crippen molar-refractivity contribution in [2.45, 2.75) is 32.4 Å². The lowest BCUT2D eigenvalue weighted by Gasteiger charge is -2.07. The number of hydrogen-bond acceptors (Lipinski definition) is 2. The highest BCUT2D eigenvalue weighted by molar-refractivity contribution is 8.04. The molecule has 0 fully saturated rings. The van der Waals surface area contributed by atoms with E-state index in [0.717, 1.165) is 6.42 Å². The fraction of sp³-hybridized carbons (Fsp3) is 0.857. The van der Waals surface area contributed by atoms with E-state index in [2.05, 4.69) is 26.2 Å². The van der Waals surface area contributed by atoms with E-state index in [9.17, 15) is 0 Å². The molecule has 52 valence electrons. The van der Waals surface area contributed by atoms with Crippen LogP contribution in [0.3, 0.4) is 0 Å². The molecule has 0 bridgehead atoms. The highest BCUT2D eigenvalue weighted by Gasteiger charge is 2.03. The zero-order valence-electron chi connectivity index (χ0n) is 6.22. The van der Waals surface area contributed by atoms with E-state index < -0.39 is 0 Å². The van der Waals surface area contributed by atoms with Crippen molar-refractivity contribution in [2.24, 2.45) is 5.92 Å². The average Bonchev–Trinajstić information content (AvgIpc) is 1.63. The van der Waals surface area contributed by atoms with E-state index in [1.807, 2.05) is 0 Å². The molecule has 0 saturated heterocycles. The first-order valence-corrected chi connectivity index (χ1v) is 4.09. The van der Waals surface area contributed by atoms with Crippen LogP contribution in [-0.4, -0.2) is 5.25 Å². The molecule has 0 N–H and O–H groups in total. The van der Waals surface area contributed by atoms with E-state index in [0.29, 0.717) is 11.2 Å². The number of nitrogens with zero attached hydrogens (tertiary/aromatic N) is 1. The fourth-order valence-corrected chi connectivity index (χ4v) is 1.46. The van der Waals surface area contributed by atoms with Gasteiger partial charge in [0.2, 0.25) is 0 Å². The summed E-state index contributed by atoms with van der Waals surface area (Å²) in [6.07, 6.45) is 1.14. The lowest BCUT2D eigenvalue weighted by atomic mass is 10.1. The fourth-order valence-electron chi connectivity index (χ4n) is 0.802. The van der Waals surface area contributed by atoms with Gasteiger partial charge in [0.1, 0.15) is 5.40 Å². The third kappa shape index (κ3) is 5.72. The Morgan fingerprint density at radius 2 is 2.00 bits per heavy atom. The predicted octanol–water partition coefficient (Wildman–Crippen LogP) is 2.64. The van der Waals surface area contributed by atoms with Crippen molar-refractivity contribution in [3.63, 3.8) is 0 Å². The van der Waals surface area contributed by atoms with Crippen LogP contribution in [0, 0.1) is 16.6 Å². The summed E-state index contributed by atoms with van der Waals surface area (Å²) in [6, 6.07) is 0. The Bertz CT molecular complexity index is 104. The van der Waals surface area contributed by atoms with E-state index in [1.165, 1.54) is 11.8 Å². The first kappa shape index (κ1) is 8.84. The van der Waals surface area contributed by atoms with Crippen molar-refractivity contribution in [2.75, 3.05) is 0 Å². The lowest BCUT2D eigenvalue weighted by Crippen LogP contribution is -1.99. The van der Waals surface area contributed by atoms with Crippen LogP contribution in [0.5, 0.6) is 0 Å². The van der Waals surface area contributed by atoms with E-state index in [1.54, 1.807) is 0 Å². The Balaban J connectivity index is 3.29. The van der Waals surface area contributed by atoms with Crippen LogP contribution >= 0.6 is 11.8 Å². The van der Waals surface area contributed by atoms with Crippen LogP contribution in [0.25, 0.3) is 0 Å². The second kappa shape index (κ2) is 4.69.